The van der Waals surface area contributed by atoms with E-state index in [0.717, 1.165) is 25.7 Å². The van der Waals surface area contributed by atoms with E-state index in [1.54, 1.807) is 11.9 Å². The number of carbonyl (C=O) groups is 2. The minimum absolute atomic E-state index is 0.138. The highest BCUT2D eigenvalue weighted by molar-refractivity contribution is 5.77. The average molecular weight is 254 g/mol. The monoisotopic (exact) mass is 254 g/mol. The molecule has 18 heavy (non-hydrogen) atoms. The number of amides is 2. The van der Waals surface area contributed by atoms with Gasteiger partial charge in [-0.1, -0.05) is 6.92 Å². The topological polar surface area (TPSA) is 69.6 Å². The quantitative estimate of drug-likeness (QED) is 0.799. The number of urea groups is 1. The standard InChI is InChI=1S/C13H22N2O3/c1-3-6-15(2)13(18)14-11-9-5-4-8(7-9)10(11)12(16)17/h8-11H,3-7H2,1-2H3,(H,14,18)(H,16,17). The largest absolute Gasteiger partial charge is 0.481 e. The molecule has 0 radical (unpaired) electrons. The van der Waals surface area contributed by atoms with Gasteiger partial charge in [0, 0.05) is 19.6 Å². The van der Waals surface area contributed by atoms with Crippen molar-refractivity contribution in [3.8, 4) is 0 Å². The highest BCUT2D eigenvalue weighted by Crippen LogP contribution is 2.48. The van der Waals surface area contributed by atoms with Crippen LogP contribution in [0, 0.1) is 17.8 Å². The van der Waals surface area contributed by atoms with Gasteiger partial charge in [-0.05, 0) is 37.5 Å². The summed E-state index contributed by atoms with van der Waals surface area (Å²) in [5.74, 6) is -0.530. The third-order valence-electron chi connectivity index (χ3n) is 4.40. The SMILES string of the molecule is CCCN(C)C(=O)NC1C2CCC(C2)C1C(=O)O. The second kappa shape index (κ2) is 5.16. The summed E-state index contributed by atoms with van der Waals surface area (Å²) in [7, 11) is 1.75. The second-order valence-electron chi connectivity index (χ2n) is 5.59. The van der Waals surface area contributed by atoms with Gasteiger partial charge in [0.25, 0.3) is 0 Å². The van der Waals surface area contributed by atoms with Crippen molar-refractivity contribution in [2.24, 2.45) is 17.8 Å². The molecule has 0 heterocycles. The normalized spacial score (nSPS) is 33.4. The minimum Gasteiger partial charge on any atom is -0.481 e. The van der Waals surface area contributed by atoms with E-state index >= 15 is 0 Å². The molecule has 2 bridgehead atoms. The van der Waals surface area contributed by atoms with Crippen molar-refractivity contribution in [2.45, 2.75) is 38.6 Å². The molecule has 2 rings (SSSR count). The molecule has 0 aliphatic heterocycles. The van der Waals surface area contributed by atoms with Crippen LogP contribution in [0.15, 0.2) is 0 Å². The fraction of sp³-hybridized carbons (Fsp3) is 0.846. The highest BCUT2D eigenvalue weighted by atomic mass is 16.4. The van der Waals surface area contributed by atoms with Gasteiger partial charge >= 0.3 is 12.0 Å². The van der Waals surface area contributed by atoms with Crippen molar-refractivity contribution < 1.29 is 14.7 Å². The number of hydrogen-bond donors (Lipinski definition) is 2. The van der Waals surface area contributed by atoms with E-state index in [9.17, 15) is 14.7 Å². The molecule has 5 heteroatoms. The molecule has 102 valence electrons. The van der Waals surface area contributed by atoms with Gasteiger partial charge in [-0.2, -0.15) is 0 Å². The number of carbonyl (C=O) groups excluding carboxylic acids is 1. The Bertz CT molecular complexity index is 345. The van der Waals surface area contributed by atoms with Crippen molar-refractivity contribution in [3.05, 3.63) is 0 Å². The number of nitrogens with zero attached hydrogens (tertiary/aromatic N) is 1. The van der Waals surface area contributed by atoms with Crippen molar-refractivity contribution in [3.63, 3.8) is 0 Å². The molecule has 2 amide bonds. The van der Waals surface area contributed by atoms with Gasteiger partial charge in [0.05, 0.1) is 5.92 Å². The molecule has 2 aliphatic rings. The summed E-state index contributed by atoms with van der Waals surface area (Å²) in [5.41, 5.74) is 0. The lowest BCUT2D eigenvalue weighted by Crippen LogP contribution is -2.50. The first kappa shape index (κ1) is 13.2. The Kier molecular flexibility index (Phi) is 3.78. The van der Waals surface area contributed by atoms with E-state index in [-0.39, 0.29) is 23.9 Å². The van der Waals surface area contributed by atoms with Gasteiger partial charge in [0.15, 0.2) is 0 Å². The lowest BCUT2D eigenvalue weighted by atomic mass is 9.84. The van der Waals surface area contributed by atoms with Crippen LogP contribution < -0.4 is 5.32 Å². The van der Waals surface area contributed by atoms with Gasteiger partial charge in [0.1, 0.15) is 0 Å². The minimum atomic E-state index is -0.759. The predicted octanol–water partition coefficient (Wildman–Crippen LogP) is 1.54. The zero-order chi connectivity index (χ0) is 13.3. The molecule has 4 atom stereocenters. The Morgan fingerprint density at radius 1 is 1.33 bits per heavy atom. The van der Waals surface area contributed by atoms with Crippen LogP contribution in [0.2, 0.25) is 0 Å². The highest BCUT2D eigenvalue weighted by Gasteiger charge is 2.51. The van der Waals surface area contributed by atoms with Crippen molar-refractivity contribution >= 4 is 12.0 Å². The van der Waals surface area contributed by atoms with Gasteiger partial charge in [0.2, 0.25) is 0 Å². The van der Waals surface area contributed by atoms with Crippen molar-refractivity contribution in [1.82, 2.24) is 10.2 Å². The Morgan fingerprint density at radius 3 is 2.61 bits per heavy atom. The van der Waals surface area contributed by atoms with Crippen LogP contribution in [0.5, 0.6) is 0 Å². The van der Waals surface area contributed by atoms with E-state index in [0.29, 0.717) is 12.5 Å². The maximum Gasteiger partial charge on any atom is 0.317 e. The summed E-state index contributed by atoms with van der Waals surface area (Å²) in [4.78, 5) is 24.9. The summed E-state index contributed by atoms with van der Waals surface area (Å²) < 4.78 is 0. The van der Waals surface area contributed by atoms with Crippen LogP contribution in [0.25, 0.3) is 0 Å². The first-order valence-electron chi connectivity index (χ1n) is 6.79. The maximum atomic E-state index is 12.0. The van der Waals surface area contributed by atoms with Crippen LogP contribution in [0.1, 0.15) is 32.6 Å². The molecule has 0 aromatic rings. The first-order valence-corrected chi connectivity index (χ1v) is 6.79. The Morgan fingerprint density at radius 2 is 2.00 bits per heavy atom. The molecule has 5 nitrogen and oxygen atoms in total. The third-order valence-corrected chi connectivity index (χ3v) is 4.40. The van der Waals surface area contributed by atoms with Gasteiger partial charge in [-0.3, -0.25) is 4.79 Å². The average Bonchev–Trinajstić information content (AvgIpc) is 2.89. The second-order valence-corrected chi connectivity index (χ2v) is 5.59. The summed E-state index contributed by atoms with van der Waals surface area (Å²) in [6, 6.07) is -0.311. The third kappa shape index (κ3) is 2.31. The molecular formula is C13H22N2O3. The number of nitrogens with one attached hydrogen (secondary N) is 1. The van der Waals surface area contributed by atoms with Crippen LogP contribution in [-0.4, -0.2) is 41.6 Å². The smallest absolute Gasteiger partial charge is 0.317 e. The van der Waals surface area contributed by atoms with E-state index in [1.165, 1.54) is 0 Å². The van der Waals surface area contributed by atoms with Crippen LogP contribution in [0.3, 0.4) is 0 Å². The molecule has 0 saturated heterocycles. The van der Waals surface area contributed by atoms with Crippen LogP contribution in [0.4, 0.5) is 4.79 Å². The lowest BCUT2D eigenvalue weighted by Gasteiger charge is -2.30. The fourth-order valence-corrected chi connectivity index (χ4v) is 3.54. The molecule has 2 fully saturated rings. The summed E-state index contributed by atoms with van der Waals surface area (Å²) in [6.07, 6.45) is 3.91. The van der Waals surface area contributed by atoms with Crippen LogP contribution >= 0.6 is 0 Å². The number of aliphatic carboxylic acids is 1. The molecule has 0 aromatic carbocycles. The Labute approximate surface area is 108 Å². The molecule has 0 aromatic heterocycles. The molecule has 4 unspecified atom stereocenters. The van der Waals surface area contributed by atoms with Gasteiger partial charge < -0.3 is 15.3 Å². The van der Waals surface area contributed by atoms with E-state index in [2.05, 4.69) is 5.32 Å². The Balaban J connectivity index is 1.99. The maximum absolute atomic E-state index is 12.0. The fourth-order valence-electron chi connectivity index (χ4n) is 3.54. The van der Waals surface area contributed by atoms with E-state index in [1.807, 2.05) is 6.92 Å². The number of hydrogen-bond acceptors (Lipinski definition) is 2. The molecular weight excluding hydrogens is 232 g/mol. The summed E-state index contributed by atoms with van der Waals surface area (Å²) >= 11 is 0. The molecule has 2 aliphatic carbocycles. The first-order chi connectivity index (χ1) is 8.54. The van der Waals surface area contributed by atoms with E-state index in [4.69, 9.17) is 0 Å². The van der Waals surface area contributed by atoms with Crippen molar-refractivity contribution in [2.75, 3.05) is 13.6 Å². The van der Waals surface area contributed by atoms with Crippen LogP contribution in [-0.2, 0) is 4.79 Å². The van der Waals surface area contributed by atoms with Crippen molar-refractivity contribution in [1.29, 1.82) is 0 Å². The molecule has 2 N–H and O–H groups in total. The summed E-state index contributed by atoms with van der Waals surface area (Å²) in [5, 5.41) is 12.2. The lowest BCUT2D eigenvalue weighted by molar-refractivity contribution is -0.144. The molecule has 0 spiro atoms. The van der Waals surface area contributed by atoms with Gasteiger partial charge in [-0.15, -0.1) is 0 Å². The summed E-state index contributed by atoms with van der Waals surface area (Å²) in [6.45, 7) is 2.71. The van der Waals surface area contributed by atoms with E-state index < -0.39 is 5.97 Å². The molecule has 2 saturated carbocycles. The zero-order valence-electron chi connectivity index (χ0n) is 11.1. The van der Waals surface area contributed by atoms with Gasteiger partial charge in [-0.25, -0.2) is 4.79 Å². The predicted molar refractivity (Wildman–Crippen MR) is 67.2 cm³/mol. The number of rotatable bonds is 4. The number of carboxylic acid groups (broad SMARTS) is 1. The number of carboxylic acids is 1. The zero-order valence-corrected chi connectivity index (χ0v) is 11.1. The Hall–Kier alpha value is -1.26. The number of fused-ring (bicyclic) bond motifs is 2.